The second kappa shape index (κ2) is 4.85. The van der Waals surface area contributed by atoms with E-state index in [9.17, 15) is 15.2 Å². The Morgan fingerprint density at radius 2 is 2.00 bits per heavy atom. The monoisotopic (exact) mass is 341 g/mol. The third-order valence-electron chi connectivity index (χ3n) is 6.15. The first-order chi connectivity index (χ1) is 11.9. The van der Waals surface area contributed by atoms with Crippen LogP contribution in [0.15, 0.2) is 24.3 Å². The number of nitro benzene ring substituents is 1. The largest absolute Gasteiger partial charge is 0.390 e. The van der Waals surface area contributed by atoms with Crippen molar-refractivity contribution in [1.29, 1.82) is 0 Å². The fourth-order valence-corrected chi connectivity index (χ4v) is 5.69. The van der Waals surface area contributed by atoms with E-state index in [2.05, 4.69) is 15.4 Å². The van der Waals surface area contributed by atoms with E-state index in [0.717, 1.165) is 25.7 Å². The second-order valence-corrected chi connectivity index (χ2v) is 8.12. The van der Waals surface area contributed by atoms with Crippen molar-refractivity contribution in [3.8, 4) is 11.4 Å². The van der Waals surface area contributed by atoms with Gasteiger partial charge in [0.05, 0.1) is 16.1 Å². The van der Waals surface area contributed by atoms with Gasteiger partial charge in [-0.15, -0.1) is 10.2 Å². The van der Waals surface area contributed by atoms with Crippen molar-refractivity contribution < 1.29 is 10.0 Å². The Morgan fingerprint density at radius 3 is 2.68 bits per heavy atom. The van der Waals surface area contributed by atoms with Crippen LogP contribution < -0.4 is 0 Å². The van der Waals surface area contributed by atoms with Crippen LogP contribution in [-0.2, 0) is 5.54 Å². The van der Waals surface area contributed by atoms with Gasteiger partial charge in [-0.05, 0) is 49.2 Å². The molecule has 0 aliphatic heterocycles. The smallest absolute Gasteiger partial charge is 0.270 e. The van der Waals surface area contributed by atoms with Crippen LogP contribution in [0.4, 0.5) is 5.69 Å². The van der Waals surface area contributed by atoms with Gasteiger partial charge >= 0.3 is 0 Å². The molecule has 4 aliphatic carbocycles. The normalized spacial score (nSPS) is 35.9. The van der Waals surface area contributed by atoms with Gasteiger partial charge < -0.3 is 5.11 Å². The number of hydrogen-bond acceptors (Lipinski definition) is 6. The maximum atomic E-state index is 11.0. The molecule has 0 radical (unpaired) electrons. The Kier molecular flexibility index (Phi) is 2.90. The lowest BCUT2D eigenvalue weighted by Gasteiger charge is -2.59. The first-order valence-electron chi connectivity index (χ1n) is 8.73. The molecule has 1 aromatic carbocycles. The van der Waals surface area contributed by atoms with Crippen LogP contribution in [-0.4, -0.2) is 35.8 Å². The molecule has 2 unspecified atom stereocenters. The van der Waals surface area contributed by atoms with Crippen molar-refractivity contribution in [2.75, 3.05) is 0 Å². The molecule has 0 saturated heterocycles. The molecule has 4 fully saturated rings. The maximum Gasteiger partial charge on any atom is 0.270 e. The van der Waals surface area contributed by atoms with Crippen LogP contribution in [0.3, 0.4) is 0 Å². The molecule has 25 heavy (non-hydrogen) atoms. The van der Waals surface area contributed by atoms with Gasteiger partial charge in [0.15, 0.2) is 0 Å². The van der Waals surface area contributed by atoms with Crippen molar-refractivity contribution in [3.63, 3.8) is 0 Å². The minimum Gasteiger partial charge on any atom is -0.390 e. The number of benzene rings is 1. The summed E-state index contributed by atoms with van der Waals surface area (Å²) in [4.78, 5) is 12.2. The average molecular weight is 341 g/mol. The molecule has 8 nitrogen and oxygen atoms in total. The third-order valence-corrected chi connectivity index (χ3v) is 6.15. The number of aliphatic hydroxyl groups is 1. The molecule has 4 aliphatic rings. The number of rotatable bonds is 3. The predicted octanol–water partition coefficient (Wildman–Crippen LogP) is 2.29. The van der Waals surface area contributed by atoms with Crippen LogP contribution >= 0.6 is 0 Å². The van der Waals surface area contributed by atoms with Gasteiger partial charge in [-0.1, -0.05) is 12.1 Å². The van der Waals surface area contributed by atoms with Gasteiger partial charge in [0, 0.05) is 24.1 Å². The molecule has 0 amide bonds. The highest BCUT2D eigenvalue weighted by Gasteiger charge is 2.59. The minimum absolute atomic E-state index is 0.0120. The lowest BCUT2D eigenvalue weighted by atomic mass is 9.51. The molecule has 4 bridgehead atoms. The lowest BCUT2D eigenvalue weighted by molar-refractivity contribution is -0.384. The lowest BCUT2D eigenvalue weighted by Crippen LogP contribution is -2.60. The predicted molar refractivity (Wildman–Crippen MR) is 87.5 cm³/mol. The molecule has 130 valence electrons. The number of hydrogen-bond donors (Lipinski definition) is 1. The molecule has 1 N–H and O–H groups in total. The SMILES string of the molecule is O=[N+]([O-])c1cccc(-c2nnn(C34C[C@@H]5C[C@@H](CC(O)(C5)C3)C4)n2)c1. The average Bonchev–Trinajstić information content (AvgIpc) is 3.03. The highest BCUT2D eigenvalue weighted by molar-refractivity contribution is 5.58. The van der Waals surface area contributed by atoms with Gasteiger partial charge in [-0.2, -0.15) is 4.80 Å². The van der Waals surface area contributed by atoms with Crippen molar-refractivity contribution in [3.05, 3.63) is 34.4 Å². The fraction of sp³-hybridized carbons (Fsp3) is 0.588. The van der Waals surface area contributed by atoms with Crippen molar-refractivity contribution >= 4 is 5.69 Å². The van der Waals surface area contributed by atoms with E-state index >= 15 is 0 Å². The summed E-state index contributed by atoms with van der Waals surface area (Å²) in [6, 6.07) is 6.29. The van der Waals surface area contributed by atoms with Crippen molar-refractivity contribution in [2.24, 2.45) is 11.8 Å². The molecule has 8 heteroatoms. The number of non-ortho nitro benzene ring substituents is 1. The van der Waals surface area contributed by atoms with Gasteiger partial charge in [-0.25, -0.2) is 0 Å². The van der Waals surface area contributed by atoms with Gasteiger partial charge in [0.25, 0.3) is 5.69 Å². The quantitative estimate of drug-likeness (QED) is 0.678. The van der Waals surface area contributed by atoms with E-state index in [1.165, 1.54) is 18.6 Å². The van der Waals surface area contributed by atoms with Crippen LogP contribution in [0.25, 0.3) is 11.4 Å². The highest BCUT2D eigenvalue weighted by Crippen LogP contribution is 2.60. The summed E-state index contributed by atoms with van der Waals surface area (Å²) in [5.74, 6) is 1.45. The maximum absolute atomic E-state index is 11.0. The van der Waals surface area contributed by atoms with E-state index < -0.39 is 10.5 Å². The Hall–Kier alpha value is -2.35. The number of tetrazole rings is 1. The molecular formula is C17H19N5O3. The summed E-state index contributed by atoms with van der Waals surface area (Å²) in [7, 11) is 0. The van der Waals surface area contributed by atoms with E-state index in [1.807, 2.05) is 0 Å². The van der Waals surface area contributed by atoms with Gasteiger partial charge in [0.2, 0.25) is 5.82 Å². The zero-order chi connectivity index (χ0) is 17.2. The van der Waals surface area contributed by atoms with E-state index in [1.54, 1.807) is 16.9 Å². The third kappa shape index (κ3) is 2.27. The van der Waals surface area contributed by atoms with Crippen LogP contribution in [0.1, 0.15) is 38.5 Å². The van der Waals surface area contributed by atoms with Crippen LogP contribution in [0.5, 0.6) is 0 Å². The molecular weight excluding hydrogens is 322 g/mol. The summed E-state index contributed by atoms with van der Waals surface area (Å²) in [6.45, 7) is 0. The molecule has 2 aromatic rings. The molecule has 0 spiro atoms. The van der Waals surface area contributed by atoms with E-state index in [4.69, 9.17) is 0 Å². The first-order valence-corrected chi connectivity index (χ1v) is 8.73. The zero-order valence-electron chi connectivity index (χ0n) is 13.7. The highest BCUT2D eigenvalue weighted by atomic mass is 16.6. The number of aromatic nitrogens is 4. The van der Waals surface area contributed by atoms with E-state index in [-0.39, 0.29) is 11.2 Å². The Labute approximate surface area is 144 Å². The summed E-state index contributed by atoms with van der Waals surface area (Å²) in [5, 5.41) is 34.8. The Bertz CT molecular complexity index is 849. The summed E-state index contributed by atoms with van der Waals surface area (Å²) in [6.07, 6.45) is 5.61. The van der Waals surface area contributed by atoms with Crippen molar-refractivity contribution in [2.45, 2.75) is 49.7 Å². The Balaban J connectivity index is 1.51. The first kappa shape index (κ1) is 14.9. The van der Waals surface area contributed by atoms with Crippen LogP contribution in [0.2, 0.25) is 0 Å². The summed E-state index contributed by atoms with van der Waals surface area (Å²) < 4.78 is 0. The van der Waals surface area contributed by atoms with Crippen molar-refractivity contribution in [1.82, 2.24) is 20.2 Å². The fourth-order valence-electron chi connectivity index (χ4n) is 5.69. The van der Waals surface area contributed by atoms with Gasteiger partial charge in [-0.3, -0.25) is 10.1 Å². The topological polar surface area (TPSA) is 107 Å². The zero-order valence-corrected chi connectivity index (χ0v) is 13.7. The molecule has 4 saturated carbocycles. The number of nitrogens with zero attached hydrogens (tertiary/aromatic N) is 5. The minimum atomic E-state index is -0.594. The molecule has 4 atom stereocenters. The molecule has 6 rings (SSSR count). The standard InChI is InChI=1S/C17H19N5O3/c23-17-8-11-4-12(9-17)7-16(6-11,10-17)22-19-15(18-20-22)13-2-1-3-14(5-13)21(24)25/h1-3,5,11-12,23H,4,6-10H2/t11-,12+,16?,17?. The summed E-state index contributed by atoms with van der Waals surface area (Å²) in [5.41, 5.74) is -0.254. The molecule has 1 aromatic heterocycles. The Morgan fingerprint density at radius 1 is 1.24 bits per heavy atom. The van der Waals surface area contributed by atoms with Crippen LogP contribution in [0, 0.1) is 22.0 Å². The number of nitro groups is 1. The molecule has 1 heterocycles. The van der Waals surface area contributed by atoms with Gasteiger partial charge in [0.1, 0.15) is 0 Å². The van der Waals surface area contributed by atoms with E-state index in [0.29, 0.717) is 29.6 Å². The second-order valence-electron chi connectivity index (χ2n) is 8.12. The summed E-state index contributed by atoms with van der Waals surface area (Å²) >= 11 is 0.